The van der Waals surface area contributed by atoms with E-state index in [0.717, 1.165) is 0 Å². The first kappa shape index (κ1) is 27.7. The highest BCUT2D eigenvalue weighted by Gasteiger charge is 2.69. The predicted molar refractivity (Wildman–Crippen MR) is 78.3 cm³/mol. The average molecular weight is 480 g/mol. The van der Waals surface area contributed by atoms with Gasteiger partial charge in [-0.1, -0.05) is 19.2 Å². The molecule has 0 aromatic carbocycles. The monoisotopic (exact) mass is 480 g/mol. The lowest BCUT2D eigenvalue weighted by atomic mass is 10.2. The maximum atomic E-state index is 13.4. The normalized spacial score (nSPS) is 15.1. The van der Waals surface area contributed by atoms with Gasteiger partial charge >= 0.3 is 45.2 Å². The summed E-state index contributed by atoms with van der Waals surface area (Å²) in [5.41, 5.74) is 0. The molecular formula is C13H12F8O8S. The van der Waals surface area contributed by atoms with Gasteiger partial charge in [0.15, 0.2) is 0 Å². The number of halogens is 8. The van der Waals surface area contributed by atoms with E-state index in [1.165, 1.54) is 0 Å². The summed E-state index contributed by atoms with van der Waals surface area (Å²) in [4.78, 5) is 22.9. The third-order valence-corrected chi connectivity index (χ3v) is 3.85. The summed E-state index contributed by atoms with van der Waals surface area (Å²) in [5.74, 6) is -18.1. The summed E-state index contributed by atoms with van der Waals surface area (Å²) in [5, 5.41) is -6.17. The summed E-state index contributed by atoms with van der Waals surface area (Å²) < 4.78 is 146. The molecule has 0 aromatic rings. The summed E-state index contributed by atoms with van der Waals surface area (Å²) in [6.45, 7) is 2.03. The Morgan fingerprint density at radius 1 is 1.07 bits per heavy atom. The number of ether oxygens (including phenoxy) is 3. The molecule has 8 nitrogen and oxygen atoms in total. The minimum atomic E-state index is -6.72. The maximum absolute atomic E-state index is 13.4. The fourth-order valence-electron chi connectivity index (χ4n) is 1.46. The molecule has 1 N–H and O–H groups in total. The molecule has 0 aliphatic rings. The Kier molecular flexibility index (Phi) is 8.55. The van der Waals surface area contributed by atoms with Crippen LogP contribution in [0.25, 0.3) is 0 Å². The largest absolute Gasteiger partial charge is 0.468 e. The van der Waals surface area contributed by atoms with Crippen molar-refractivity contribution in [3.05, 3.63) is 25.1 Å². The van der Waals surface area contributed by atoms with Crippen molar-refractivity contribution in [2.24, 2.45) is 0 Å². The molecule has 0 radical (unpaired) electrons. The molecule has 0 aliphatic carbocycles. The second-order valence-electron chi connectivity index (χ2n) is 5.09. The third-order valence-electron chi connectivity index (χ3n) is 2.90. The van der Waals surface area contributed by atoms with Crippen LogP contribution in [-0.2, 0) is 33.9 Å². The van der Waals surface area contributed by atoms with Gasteiger partial charge in [-0.2, -0.15) is 43.5 Å². The quantitative estimate of drug-likeness (QED) is 0.120. The molecule has 0 bridgehead atoms. The Morgan fingerprint density at radius 3 is 1.93 bits per heavy atom. The number of hydrogen-bond donors (Lipinski definition) is 1. The Labute approximate surface area is 162 Å². The molecule has 0 spiro atoms. The van der Waals surface area contributed by atoms with Gasteiger partial charge in [0.25, 0.3) is 0 Å². The van der Waals surface area contributed by atoms with Crippen molar-refractivity contribution in [3.8, 4) is 0 Å². The highest BCUT2D eigenvalue weighted by atomic mass is 32.2. The van der Waals surface area contributed by atoms with E-state index in [1.807, 2.05) is 0 Å². The van der Waals surface area contributed by atoms with Crippen molar-refractivity contribution in [2.75, 3.05) is 13.2 Å². The standard InChI is InChI=1S/C13H12F8O8S/c1-3-5-27-9(23)11(12(17,18)19,29-8(22)7(2)14)28-6-4-10(15,16)13(20,21)30(24,25)26/h3H,1-2,4-6H2,(H,24,25,26). The van der Waals surface area contributed by atoms with E-state index < -0.39 is 70.7 Å². The molecule has 0 aliphatic heterocycles. The van der Waals surface area contributed by atoms with Gasteiger partial charge in [-0.25, -0.2) is 9.59 Å². The molecule has 174 valence electrons. The lowest BCUT2D eigenvalue weighted by Gasteiger charge is -2.32. The zero-order chi connectivity index (χ0) is 24.2. The second kappa shape index (κ2) is 9.25. The van der Waals surface area contributed by atoms with Crippen LogP contribution in [0.3, 0.4) is 0 Å². The minimum absolute atomic E-state index is 0.704. The van der Waals surface area contributed by atoms with Crippen LogP contribution < -0.4 is 0 Å². The molecule has 0 amide bonds. The molecule has 0 saturated carbocycles. The summed E-state index contributed by atoms with van der Waals surface area (Å²) >= 11 is 0. The van der Waals surface area contributed by atoms with Crippen LogP contribution in [-0.4, -0.2) is 61.3 Å². The van der Waals surface area contributed by atoms with E-state index in [4.69, 9.17) is 4.55 Å². The van der Waals surface area contributed by atoms with Crippen molar-refractivity contribution >= 4 is 22.1 Å². The van der Waals surface area contributed by atoms with Gasteiger partial charge in [-0.05, 0) is 0 Å². The van der Waals surface area contributed by atoms with Crippen molar-refractivity contribution in [1.29, 1.82) is 0 Å². The van der Waals surface area contributed by atoms with E-state index in [9.17, 15) is 53.1 Å². The first-order valence-corrected chi connectivity index (χ1v) is 8.50. The maximum Gasteiger partial charge on any atom is 0.468 e. The zero-order valence-corrected chi connectivity index (χ0v) is 15.2. The SMILES string of the molecule is C=CCOC(=O)C(OCCC(F)(F)C(F)(F)S(=O)(=O)O)(OC(=O)C(=C)F)C(F)(F)F. The predicted octanol–water partition coefficient (Wildman–Crippen LogP) is 2.52. The molecule has 0 heterocycles. The van der Waals surface area contributed by atoms with E-state index in [-0.39, 0.29) is 0 Å². The number of hydrogen-bond acceptors (Lipinski definition) is 7. The number of carbonyl (C=O) groups excluding carboxylic acids is 2. The number of esters is 2. The Balaban J connectivity index is 5.99. The van der Waals surface area contributed by atoms with Crippen molar-refractivity contribution < 1.29 is 71.9 Å². The molecule has 30 heavy (non-hydrogen) atoms. The van der Waals surface area contributed by atoms with E-state index in [1.54, 1.807) is 0 Å². The fraction of sp³-hybridized carbons (Fsp3) is 0.538. The Morgan fingerprint density at radius 2 is 1.57 bits per heavy atom. The molecule has 0 rings (SSSR count). The molecule has 1 atom stereocenters. The Hall–Kier alpha value is -2.27. The number of rotatable bonds is 11. The van der Waals surface area contributed by atoms with Crippen molar-refractivity contribution in [3.63, 3.8) is 0 Å². The van der Waals surface area contributed by atoms with Crippen LogP contribution in [0.4, 0.5) is 35.1 Å². The molecule has 0 aromatic heterocycles. The topological polar surface area (TPSA) is 116 Å². The van der Waals surface area contributed by atoms with Crippen LogP contribution in [0.5, 0.6) is 0 Å². The first-order chi connectivity index (χ1) is 13.3. The lowest BCUT2D eigenvalue weighted by Crippen LogP contribution is -2.59. The van der Waals surface area contributed by atoms with Gasteiger partial charge < -0.3 is 14.2 Å². The van der Waals surface area contributed by atoms with E-state index in [0.29, 0.717) is 6.08 Å². The van der Waals surface area contributed by atoms with Crippen LogP contribution in [0.1, 0.15) is 6.42 Å². The van der Waals surface area contributed by atoms with Gasteiger partial charge in [-0.15, -0.1) is 0 Å². The van der Waals surface area contributed by atoms with Gasteiger partial charge in [-0.3, -0.25) is 4.55 Å². The highest BCUT2D eigenvalue weighted by Crippen LogP contribution is 2.42. The average Bonchev–Trinajstić information content (AvgIpc) is 2.55. The van der Waals surface area contributed by atoms with Crippen LogP contribution in [0.15, 0.2) is 25.1 Å². The second-order valence-corrected chi connectivity index (χ2v) is 6.55. The Bertz CT molecular complexity index is 791. The zero-order valence-electron chi connectivity index (χ0n) is 14.3. The third kappa shape index (κ3) is 5.88. The van der Waals surface area contributed by atoms with E-state index >= 15 is 0 Å². The molecule has 0 saturated heterocycles. The number of carbonyl (C=O) groups is 2. The summed E-state index contributed by atoms with van der Waals surface area (Å²) in [6, 6.07) is 0. The lowest BCUT2D eigenvalue weighted by molar-refractivity contribution is -0.357. The summed E-state index contributed by atoms with van der Waals surface area (Å²) in [6.07, 6.45) is -7.99. The molecule has 1 unspecified atom stereocenters. The molecule has 0 fully saturated rings. The smallest absolute Gasteiger partial charge is 0.456 e. The van der Waals surface area contributed by atoms with Crippen molar-refractivity contribution in [1.82, 2.24) is 0 Å². The first-order valence-electron chi connectivity index (χ1n) is 7.06. The molecule has 17 heteroatoms. The van der Waals surface area contributed by atoms with Gasteiger partial charge in [0.1, 0.15) is 6.61 Å². The van der Waals surface area contributed by atoms with Gasteiger partial charge in [0.05, 0.1) is 6.61 Å². The van der Waals surface area contributed by atoms with Crippen molar-refractivity contribution in [2.45, 2.75) is 29.6 Å². The van der Waals surface area contributed by atoms with Crippen LogP contribution >= 0.6 is 0 Å². The van der Waals surface area contributed by atoms with Gasteiger partial charge in [0, 0.05) is 6.42 Å². The van der Waals surface area contributed by atoms with E-state index in [2.05, 4.69) is 27.4 Å². The van der Waals surface area contributed by atoms with Gasteiger partial charge in [0.2, 0.25) is 5.83 Å². The van der Waals surface area contributed by atoms with Crippen LogP contribution in [0.2, 0.25) is 0 Å². The minimum Gasteiger partial charge on any atom is -0.456 e. The number of alkyl halides is 7. The fourth-order valence-corrected chi connectivity index (χ4v) is 1.94. The van der Waals surface area contributed by atoms with Crippen LogP contribution in [0, 0.1) is 0 Å². The summed E-state index contributed by atoms with van der Waals surface area (Å²) in [7, 11) is -6.72. The highest BCUT2D eigenvalue weighted by molar-refractivity contribution is 7.87. The molecular weight excluding hydrogens is 468 g/mol.